The Morgan fingerprint density at radius 1 is 1.29 bits per heavy atom. The molecule has 0 fully saturated rings. The lowest BCUT2D eigenvalue weighted by atomic mass is 9.81. The highest BCUT2D eigenvalue weighted by Crippen LogP contribution is 2.29. The number of nitro benzene ring substituents is 1. The fraction of sp³-hybridized carbons (Fsp3) is 0.533. The Morgan fingerprint density at radius 3 is 2.33 bits per heavy atom. The lowest BCUT2D eigenvalue weighted by Gasteiger charge is -2.33. The van der Waals surface area contributed by atoms with Crippen LogP contribution in [0.5, 0.6) is 0 Å². The van der Waals surface area contributed by atoms with Crippen molar-refractivity contribution in [2.75, 3.05) is 5.73 Å². The first-order valence-corrected chi connectivity index (χ1v) is 6.78. The summed E-state index contributed by atoms with van der Waals surface area (Å²) in [5.74, 6) is -0.398. The largest absolute Gasteiger partial charge is 0.393 e. The fourth-order valence-electron chi connectivity index (χ4n) is 2.65. The van der Waals surface area contributed by atoms with E-state index in [0.29, 0.717) is 0 Å². The third-order valence-corrected chi connectivity index (χ3v) is 2.95. The number of para-hydroxylation sites is 1. The molecule has 0 aliphatic carbocycles. The molecule has 0 bridgehead atoms. The number of rotatable bonds is 4. The van der Waals surface area contributed by atoms with Crippen molar-refractivity contribution in [2.24, 2.45) is 5.41 Å². The van der Waals surface area contributed by atoms with Gasteiger partial charge < -0.3 is 11.1 Å². The van der Waals surface area contributed by atoms with Gasteiger partial charge in [0.2, 0.25) is 0 Å². The highest BCUT2D eigenvalue weighted by molar-refractivity contribution is 6.01. The van der Waals surface area contributed by atoms with E-state index in [1.165, 1.54) is 18.2 Å². The van der Waals surface area contributed by atoms with Crippen molar-refractivity contribution in [1.29, 1.82) is 0 Å². The lowest BCUT2D eigenvalue weighted by molar-refractivity contribution is -0.383. The molecule has 0 spiro atoms. The van der Waals surface area contributed by atoms with Gasteiger partial charge in [0, 0.05) is 11.6 Å². The zero-order chi connectivity index (χ0) is 16.4. The van der Waals surface area contributed by atoms with Crippen LogP contribution in [0.4, 0.5) is 11.4 Å². The van der Waals surface area contributed by atoms with E-state index in [4.69, 9.17) is 5.73 Å². The predicted molar refractivity (Wildman–Crippen MR) is 83.1 cm³/mol. The van der Waals surface area contributed by atoms with Crippen LogP contribution in [0, 0.1) is 15.5 Å². The third kappa shape index (κ3) is 4.73. The minimum absolute atomic E-state index is 0.0466. The number of nitrogens with zero attached hydrogens (tertiary/aromatic N) is 1. The molecule has 6 heteroatoms. The summed E-state index contributed by atoms with van der Waals surface area (Å²) in [7, 11) is 0. The number of nitrogens with two attached hydrogens (primary N) is 1. The minimum Gasteiger partial charge on any atom is -0.393 e. The van der Waals surface area contributed by atoms with Gasteiger partial charge in [0.1, 0.15) is 5.69 Å². The second-order valence-electron chi connectivity index (χ2n) is 7.07. The topological polar surface area (TPSA) is 98.3 Å². The fourth-order valence-corrected chi connectivity index (χ4v) is 2.65. The first-order valence-electron chi connectivity index (χ1n) is 6.78. The van der Waals surface area contributed by atoms with Crippen LogP contribution in [0.2, 0.25) is 0 Å². The standard InChI is InChI=1S/C15H23N3O3/c1-14(2,3)9-15(4,5)17-13(19)10-7-6-8-11(12(10)16)18(20)21/h6-8H,9,16H2,1-5H3,(H,17,19). The van der Waals surface area contributed by atoms with Gasteiger partial charge in [-0.25, -0.2) is 0 Å². The number of carbonyl (C=O) groups is 1. The van der Waals surface area contributed by atoms with E-state index in [0.717, 1.165) is 6.42 Å². The van der Waals surface area contributed by atoms with Gasteiger partial charge in [-0.1, -0.05) is 26.8 Å². The lowest BCUT2D eigenvalue weighted by Crippen LogP contribution is -2.46. The molecule has 3 N–H and O–H groups in total. The van der Waals surface area contributed by atoms with E-state index in [2.05, 4.69) is 26.1 Å². The van der Waals surface area contributed by atoms with Gasteiger partial charge >= 0.3 is 0 Å². The summed E-state index contributed by atoms with van der Waals surface area (Å²) in [6.07, 6.45) is 0.764. The molecule has 1 aromatic carbocycles. The van der Waals surface area contributed by atoms with Gasteiger partial charge in [0.05, 0.1) is 10.5 Å². The van der Waals surface area contributed by atoms with Gasteiger partial charge in [-0.05, 0) is 31.7 Å². The summed E-state index contributed by atoms with van der Waals surface area (Å²) in [5, 5.41) is 13.8. The first kappa shape index (κ1) is 16.9. The van der Waals surface area contributed by atoms with Gasteiger partial charge in [-0.3, -0.25) is 14.9 Å². The molecule has 0 radical (unpaired) electrons. The molecule has 0 saturated heterocycles. The van der Waals surface area contributed by atoms with Crippen molar-refractivity contribution >= 4 is 17.3 Å². The summed E-state index contributed by atoms with van der Waals surface area (Å²) < 4.78 is 0. The van der Waals surface area contributed by atoms with Crippen LogP contribution < -0.4 is 11.1 Å². The maximum Gasteiger partial charge on any atom is 0.292 e. The third-order valence-electron chi connectivity index (χ3n) is 2.95. The van der Waals surface area contributed by atoms with Crippen molar-refractivity contribution < 1.29 is 9.72 Å². The SMILES string of the molecule is CC(C)(C)CC(C)(C)NC(=O)c1cccc([N+](=O)[O-])c1N. The number of amides is 1. The Kier molecular flexibility index (Phi) is 4.61. The van der Waals surface area contributed by atoms with Gasteiger partial charge in [-0.2, -0.15) is 0 Å². The number of hydrogen-bond acceptors (Lipinski definition) is 4. The molecule has 21 heavy (non-hydrogen) atoms. The molecule has 0 aliphatic heterocycles. The van der Waals surface area contributed by atoms with Crippen LogP contribution in [0.25, 0.3) is 0 Å². The Bertz CT molecular complexity index is 560. The summed E-state index contributed by atoms with van der Waals surface area (Å²) in [4.78, 5) is 22.6. The van der Waals surface area contributed by atoms with Crippen LogP contribution in [-0.2, 0) is 0 Å². The smallest absolute Gasteiger partial charge is 0.292 e. The molecular formula is C15H23N3O3. The highest BCUT2D eigenvalue weighted by Gasteiger charge is 2.29. The van der Waals surface area contributed by atoms with Crippen molar-refractivity contribution in [2.45, 2.75) is 46.6 Å². The number of nitrogens with one attached hydrogen (secondary N) is 1. The van der Waals surface area contributed by atoms with E-state index in [9.17, 15) is 14.9 Å². The van der Waals surface area contributed by atoms with E-state index in [1.54, 1.807) is 0 Å². The number of nitrogen functional groups attached to an aromatic ring is 1. The van der Waals surface area contributed by atoms with Crippen LogP contribution >= 0.6 is 0 Å². The average Bonchev–Trinajstić information content (AvgIpc) is 2.24. The Labute approximate surface area is 124 Å². The second-order valence-corrected chi connectivity index (χ2v) is 7.07. The molecule has 0 aliphatic rings. The normalized spacial score (nSPS) is 12.0. The molecule has 0 aromatic heterocycles. The molecule has 0 atom stereocenters. The number of benzene rings is 1. The Balaban J connectivity index is 3.00. The molecule has 0 unspecified atom stereocenters. The zero-order valence-electron chi connectivity index (χ0n) is 13.2. The Hall–Kier alpha value is -2.11. The van der Waals surface area contributed by atoms with Gasteiger partial charge in [0.15, 0.2) is 0 Å². The van der Waals surface area contributed by atoms with E-state index in [-0.39, 0.29) is 22.4 Å². The van der Waals surface area contributed by atoms with Crippen LogP contribution in [0.1, 0.15) is 51.4 Å². The molecular weight excluding hydrogens is 270 g/mol. The summed E-state index contributed by atoms with van der Waals surface area (Å²) >= 11 is 0. The summed E-state index contributed by atoms with van der Waals surface area (Å²) in [5.41, 5.74) is 5.11. The first-order chi connectivity index (χ1) is 9.43. The van der Waals surface area contributed by atoms with E-state index in [1.807, 2.05) is 13.8 Å². The average molecular weight is 293 g/mol. The zero-order valence-corrected chi connectivity index (χ0v) is 13.2. The van der Waals surface area contributed by atoms with Crippen molar-refractivity contribution in [3.63, 3.8) is 0 Å². The van der Waals surface area contributed by atoms with E-state index >= 15 is 0 Å². The molecule has 1 aromatic rings. The molecule has 0 saturated carbocycles. The predicted octanol–water partition coefficient (Wildman–Crippen LogP) is 3.12. The monoisotopic (exact) mass is 293 g/mol. The highest BCUT2D eigenvalue weighted by atomic mass is 16.6. The second kappa shape index (κ2) is 5.71. The van der Waals surface area contributed by atoms with Crippen molar-refractivity contribution in [3.05, 3.63) is 33.9 Å². The summed E-state index contributed by atoms with van der Waals surface area (Å²) in [6.45, 7) is 10.1. The molecule has 6 nitrogen and oxygen atoms in total. The number of hydrogen-bond donors (Lipinski definition) is 2. The van der Waals surface area contributed by atoms with E-state index < -0.39 is 16.4 Å². The molecule has 1 amide bonds. The Morgan fingerprint density at radius 2 is 1.86 bits per heavy atom. The van der Waals surface area contributed by atoms with Crippen LogP contribution in [0.3, 0.4) is 0 Å². The number of nitro groups is 1. The van der Waals surface area contributed by atoms with Crippen LogP contribution in [-0.4, -0.2) is 16.4 Å². The molecule has 0 heterocycles. The van der Waals surface area contributed by atoms with Crippen molar-refractivity contribution in [3.8, 4) is 0 Å². The number of carbonyl (C=O) groups excluding carboxylic acids is 1. The maximum absolute atomic E-state index is 12.3. The molecule has 116 valence electrons. The van der Waals surface area contributed by atoms with Crippen molar-refractivity contribution in [1.82, 2.24) is 5.32 Å². The van der Waals surface area contributed by atoms with Crippen LogP contribution in [0.15, 0.2) is 18.2 Å². The van der Waals surface area contributed by atoms with Gasteiger partial charge in [-0.15, -0.1) is 0 Å². The minimum atomic E-state index is -0.591. The van der Waals surface area contributed by atoms with Gasteiger partial charge in [0.25, 0.3) is 11.6 Å². The molecule has 1 rings (SSSR count). The quantitative estimate of drug-likeness (QED) is 0.506. The summed E-state index contributed by atoms with van der Waals surface area (Å²) in [6, 6.07) is 4.23. The number of anilines is 1. The maximum atomic E-state index is 12.3.